The molecular weight excluding hydrogens is 388 g/mol. The molecule has 1 aromatic heterocycles. The van der Waals surface area contributed by atoms with E-state index in [1.54, 1.807) is 0 Å². The number of aromatic nitrogens is 1. The monoisotopic (exact) mass is 412 g/mol. The molecule has 0 unspecified atom stereocenters. The van der Waals surface area contributed by atoms with Crippen LogP contribution in [0.1, 0.15) is 46.3 Å². The molecule has 1 aliphatic carbocycles. The first kappa shape index (κ1) is 18.4. The van der Waals surface area contributed by atoms with E-state index in [2.05, 4.69) is 37.1 Å². The van der Waals surface area contributed by atoms with Gasteiger partial charge < -0.3 is 19.8 Å². The summed E-state index contributed by atoms with van der Waals surface area (Å²) in [6.07, 6.45) is 1.57. The number of hydrogen-bond donors (Lipinski definition) is 2. The minimum atomic E-state index is -0.561. The van der Waals surface area contributed by atoms with Crippen molar-refractivity contribution in [1.82, 2.24) is 4.98 Å². The number of aromatic amines is 1. The van der Waals surface area contributed by atoms with Gasteiger partial charge in [-0.1, -0.05) is 32.4 Å². The summed E-state index contributed by atoms with van der Waals surface area (Å²) in [7, 11) is 0. The molecule has 2 N–H and O–H groups in total. The second-order valence-corrected chi connectivity index (χ2v) is 9.37. The fourth-order valence-electron chi connectivity index (χ4n) is 3.88. The van der Waals surface area contributed by atoms with Crippen molar-refractivity contribution in [2.75, 3.05) is 12.1 Å². The van der Waals surface area contributed by atoms with Crippen LogP contribution in [0.25, 0.3) is 10.9 Å². The molecule has 2 aliphatic rings. The Hall–Kier alpha value is -2.66. The lowest BCUT2D eigenvalue weighted by molar-refractivity contribution is -0.118. The van der Waals surface area contributed by atoms with Crippen molar-refractivity contribution in [3.63, 3.8) is 0 Å². The molecule has 1 aliphatic heterocycles. The van der Waals surface area contributed by atoms with Crippen molar-refractivity contribution >= 4 is 34.1 Å². The predicted molar refractivity (Wildman–Crippen MR) is 116 cm³/mol. The first-order valence-corrected chi connectivity index (χ1v) is 10.2. The normalized spacial score (nSPS) is 16.8. The van der Waals surface area contributed by atoms with Crippen LogP contribution in [0.5, 0.6) is 11.5 Å². The van der Waals surface area contributed by atoms with Crippen LogP contribution >= 0.6 is 11.6 Å². The molecule has 29 heavy (non-hydrogen) atoms. The number of hydrogen-bond acceptors (Lipinski definition) is 3. The molecule has 2 aromatic carbocycles. The molecule has 1 amide bonds. The first-order chi connectivity index (χ1) is 13.8. The van der Waals surface area contributed by atoms with Crippen LogP contribution in [0.4, 0.5) is 5.69 Å². The predicted octanol–water partition coefficient (Wildman–Crippen LogP) is 5.76. The Morgan fingerprint density at radius 2 is 1.97 bits per heavy atom. The van der Waals surface area contributed by atoms with E-state index >= 15 is 0 Å². The lowest BCUT2D eigenvalue weighted by Crippen LogP contribution is -2.27. The SMILES string of the molecule is CC(C)(C)c1cc2cc(NC(=O)C3(c4cc(Cl)c5c(c4)OCO5)CC3)ccc2[nH]1.[HH]. The van der Waals surface area contributed by atoms with E-state index in [1.165, 1.54) is 5.69 Å². The number of carbonyl (C=O) groups excluding carboxylic acids is 1. The lowest BCUT2D eigenvalue weighted by atomic mass is 9.92. The van der Waals surface area contributed by atoms with Gasteiger partial charge in [0.25, 0.3) is 0 Å². The molecule has 0 saturated heterocycles. The van der Waals surface area contributed by atoms with Crippen LogP contribution in [-0.4, -0.2) is 17.7 Å². The maximum Gasteiger partial charge on any atom is 0.235 e. The van der Waals surface area contributed by atoms with Crippen LogP contribution in [0, 0.1) is 0 Å². The van der Waals surface area contributed by atoms with E-state index < -0.39 is 5.41 Å². The summed E-state index contributed by atoms with van der Waals surface area (Å²) in [5.74, 6) is 1.15. The first-order valence-electron chi connectivity index (χ1n) is 9.81. The van der Waals surface area contributed by atoms with Crippen molar-refractivity contribution in [3.05, 3.63) is 52.7 Å². The molecule has 0 radical (unpaired) electrons. The summed E-state index contributed by atoms with van der Waals surface area (Å²) in [5.41, 5.74) is 3.39. The Balaban J connectivity index is 0.00000218. The van der Waals surface area contributed by atoms with Gasteiger partial charge in [-0.25, -0.2) is 0 Å². The second-order valence-electron chi connectivity index (χ2n) is 8.96. The molecular formula is C23H25ClN2O3. The third-order valence-corrected chi connectivity index (χ3v) is 6.13. The van der Waals surface area contributed by atoms with E-state index in [9.17, 15) is 4.79 Å². The van der Waals surface area contributed by atoms with E-state index in [1.807, 2.05) is 30.3 Å². The summed E-state index contributed by atoms with van der Waals surface area (Å²) >= 11 is 6.34. The van der Waals surface area contributed by atoms with E-state index in [-0.39, 0.29) is 19.5 Å². The highest BCUT2D eigenvalue weighted by atomic mass is 35.5. The van der Waals surface area contributed by atoms with Gasteiger partial charge in [-0.05, 0) is 54.8 Å². The highest BCUT2D eigenvalue weighted by Crippen LogP contribution is 2.52. The standard InChI is InChI=1S/C23H23ClN2O3.H2/c1-22(2,3)19-9-13-8-15(4-5-17(13)26-19)25-21(27)23(6-7-23)14-10-16(24)20-18(11-14)28-12-29-20;/h4-5,8-11,26H,6-7,12H2,1-3H3,(H,25,27);1H. The maximum absolute atomic E-state index is 13.2. The van der Waals surface area contributed by atoms with Crippen LogP contribution in [0.3, 0.4) is 0 Å². The number of carbonyl (C=O) groups is 1. The summed E-state index contributed by atoms with van der Waals surface area (Å²) in [4.78, 5) is 16.6. The Bertz CT molecular complexity index is 1150. The lowest BCUT2D eigenvalue weighted by Gasteiger charge is -2.17. The summed E-state index contributed by atoms with van der Waals surface area (Å²) in [6.45, 7) is 6.68. The molecule has 1 fully saturated rings. The Kier molecular flexibility index (Phi) is 3.91. The zero-order valence-electron chi connectivity index (χ0n) is 16.7. The van der Waals surface area contributed by atoms with Gasteiger partial charge in [-0.3, -0.25) is 4.79 Å². The Labute approximate surface area is 175 Å². The molecule has 3 aromatic rings. The van der Waals surface area contributed by atoms with E-state index in [0.29, 0.717) is 16.5 Å². The number of benzene rings is 2. The zero-order valence-corrected chi connectivity index (χ0v) is 17.4. The maximum atomic E-state index is 13.2. The Morgan fingerprint density at radius 1 is 1.17 bits per heavy atom. The van der Waals surface area contributed by atoms with Crippen molar-refractivity contribution < 1.29 is 15.7 Å². The molecule has 0 atom stereocenters. The molecule has 1 saturated carbocycles. The van der Waals surface area contributed by atoms with Gasteiger partial charge >= 0.3 is 0 Å². The number of amides is 1. The van der Waals surface area contributed by atoms with Gasteiger partial charge in [-0.15, -0.1) is 0 Å². The van der Waals surface area contributed by atoms with Crippen molar-refractivity contribution in [2.45, 2.75) is 44.4 Å². The average Bonchev–Trinajstić information content (AvgIpc) is 3.13. The highest BCUT2D eigenvalue weighted by Gasteiger charge is 2.52. The molecule has 0 bridgehead atoms. The summed E-state index contributed by atoms with van der Waals surface area (Å²) < 4.78 is 10.9. The number of ether oxygens (including phenoxy) is 2. The van der Waals surface area contributed by atoms with Crippen molar-refractivity contribution in [2.24, 2.45) is 0 Å². The second kappa shape index (κ2) is 6.17. The van der Waals surface area contributed by atoms with Crippen LogP contribution < -0.4 is 14.8 Å². The number of anilines is 1. The number of fused-ring (bicyclic) bond motifs is 2. The minimum absolute atomic E-state index is 0. The van der Waals surface area contributed by atoms with Crippen molar-refractivity contribution in [3.8, 4) is 11.5 Å². The van der Waals surface area contributed by atoms with Gasteiger partial charge in [0.05, 0.1) is 10.4 Å². The third kappa shape index (κ3) is 3.04. The van der Waals surface area contributed by atoms with Crippen LogP contribution in [0.2, 0.25) is 5.02 Å². The highest BCUT2D eigenvalue weighted by molar-refractivity contribution is 6.32. The van der Waals surface area contributed by atoms with Gasteiger partial charge in [0.15, 0.2) is 11.5 Å². The zero-order chi connectivity index (χ0) is 20.4. The number of halogens is 1. The Morgan fingerprint density at radius 3 is 2.69 bits per heavy atom. The van der Waals surface area contributed by atoms with Crippen LogP contribution in [0.15, 0.2) is 36.4 Å². The van der Waals surface area contributed by atoms with Gasteiger partial charge in [-0.2, -0.15) is 0 Å². The smallest absolute Gasteiger partial charge is 0.235 e. The van der Waals surface area contributed by atoms with E-state index in [0.717, 1.165) is 35.0 Å². The molecule has 5 rings (SSSR count). The topological polar surface area (TPSA) is 63.4 Å². The van der Waals surface area contributed by atoms with Gasteiger partial charge in [0.1, 0.15) is 0 Å². The average molecular weight is 413 g/mol. The molecule has 0 spiro atoms. The van der Waals surface area contributed by atoms with Gasteiger partial charge in [0.2, 0.25) is 12.7 Å². The fourth-order valence-corrected chi connectivity index (χ4v) is 4.15. The quantitative estimate of drug-likeness (QED) is 0.574. The summed E-state index contributed by atoms with van der Waals surface area (Å²) in [6, 6.07) is 11.8. The minimum Gasteiger partial charge on any atom is -0.454 e. The van der Waals surface area contributed by atoms with E-state index in [4.69, 9.17) is 21.1 Å². The number of H-pyrrole nitrogens is 1. The number of rotatable bonds is 3. The molecule has 2 heterocycles. The molecule has 152 valence electrons. The van der Waals surface area contributed by atoms with Gasteiger partial charge in [0, 0.05) is 29.1 Å². The van der Waals surface area contributed by atoms with Crippen molar-refractivity contribution in [1.29, 1.82) is 0 Å². The largest absolute Gasteiger partial charge is 0.454 e. The number of nitrogens with one attached hydrogen (secondary N) is 2. The van der Waals surface area contributed by atoms with Crippen LogP contribution in [-0.2, 0) is 15.6 Å². The summed E-state index contributed by atoms with van der Waals surface area (Å²) in [5, 5.41) is 4.67. The third-order valence-electron chi connectivity index (χ3n) is 5.85. The fraction of sp³-hybridized carbons (Fsp3) is 0.348. The molecule has 6 heteroatoms. The molecule has 5 nitrogen and oxygen atoms in total.